The van der Waals surface area contributed by atoms with E-state index in [1.165, 1.54) is 18.2 Å². The van der Waals surface area contributed by atoms with Gasteiger partial charge in [0, 0.05) is 41.6 Å². The summed E-state index contributed by atoms with van der Waals surface area (Å²) in [5, 5.41) is 24.5. The molecule has 1 aromatic heterocycles. The Bertz CT molecular complexity index is 1100. The van der Waals surface area contributed by atoms with Gasteiger partial charge in [-0.1, -0.05) is 11.6 Å². The fourth-order valence-electron chi connectivity index (χ4n) is 3.85. The second-order valence-corrected chi connectivity index (χ2v) is 8.43. The minimum Gasteiger partial charge on any atom is -0.628 e. The molecule has 0 aliphatic carbocycles. The Hall–Kier alpha value is -2.88. The van der Waals surface area contributed by atoms with Crippen LogP contribution < -0.4 is 15.4 Å². The van der Waals surface area contributed by atoms with E-state index in [4.69, 9.17) is 16.0 Å². The lowest BCUT2D eigenvalue weighted by Gasteiger charge is -2.26. The Morgan fingerprint density at radius 1 is 1.16 bits per heavy atom. The zero-order valence-corrected chi connectivity index (χ0v) is 18.6. The number of hydrogen-bond acceptors (Lipinski definition) is 6. The second-order valence-electron chi connectivity index (χ2n) is 7.99. The SMILES string of the molecule is CN(C)C1CCN(c2ccc(NC(=O)c3ccc(-c4ccc(Cl)cc4[NH+]([O-])[O-])o3)cc2)C1. The number of furan rings is 1. The smallest absolute Gasteiger partial charge is 0.291 e. The molecule has 3 aromatic rings. The Morgan fingerprint density at radius 3 is 2.56 bits per heavy atom. The Morgan fingerprint density at radius 2 is 1.91 bits per heavy atom. The van der Waals surface area contributed by atoms with Crippen molar-refractivity contribution >= 4 is 34.6 Å². The van der Waals surface area contributed by atoms with Gasteiger partial charge < -0.3 is 35.2 Å². The third-order valence-corrected chi connectivity index (χ3v) is 5.92. The summed E-state index contributed by atoms with van der Waals surface area (Å²) < 4.78 is 5.61. The predicted molar refractivity (Wildman–Crippen MR) is 125 cm³/mol. The van der Waals surface area contributed by atoms with E-state index in [0.717, 1.165) is 25.2 Å². The van der Waals surface area contributed by atoms with E-state index < -0.39 is 11.1 Å². The summed E-state index contributed by atoms with van der Waals surface area (Å²) in [5.74, 6) is -0.121. The zero-order chi connectivity index (χ0) is 22.8. The number of anilines is 2. The maximum Gasteiger partial charge on any atom is 0.291 e. The summed E-state index contributed by atoms with van der Waals surface area (Å²) in [6.45, 7) is 1.98. The van der Waals surface area contributed by atoms with Gasteiger partial charge in [0.05, 0.1) is 5.56 Å². The number of likely N-dealkylation sites (N-methyl/N-ethyl adjacent to an activating group) is 1. The lowest BCUT2D eigenvalue weighted by atomic mass is 10.1. The van der Waals surface area contributed by atoms with Crippen LogP contribution in [-0.2, 0) is 0 Å². The van der Waals surface area contributed by atoms with Crippen molar-refractivity contribution in [1.82, 2.24) is 4.90 Å². The molecule has 168 valence electrons. The van der Waals surface area contributed by atoms with E-state index in [2.05, 4.69) is 29.2 Å². The zero-order valence-electron chi connectivity index (χ0n) is 17.8. The number of hydrogen-bond donors (Lipinski definition) is 2. The van der Waals surface area contributed by atoms with Gasteiger partial charge in [-0.25, -0.2) is 0 Å². The molecule has 8 nitrogen and oxygen atoms in total. The molecule has 1 unspecified atom stereocenters. The highest BCUT2D eigenvalue weighted by molar-refractivity contribution is 6.30. The van der Waals surface area contributed by atoms with E-state index in [0.29, 0.717) is 17.3 Å². The van der Waals surface area contributed by atoms with Crippen LogP contribution in [0.1, 0.15) is 17.0 Å². The number of carbonyl (C=O) groups is 1. The van der Waals surface area contributed by atoms with Crippen LogP contribution in [0.25, 0.3) is 11.3 Å². The fraction of sp³-hybridized carbons (Fsp3) is 0.261. The molecule has 1 fully saturated rings. The molecule has 2 N–H and O–H groups in total. The van der Waals surface area contributed by atoms with Crippen molar-refractivity contribution in [3.05, 3.63) is 75.8 Å². The predicted octanol–water partition coefficient (Wildman–Crippen LogP) is 3.50. The standard InChI is InChI=1S/C23H24ClN4O4/c1-26(2)18-11-12-27(14-18)17-6-4-16(5-7-17)25-23(29)22-10-9-21(32-22)19-8-3-15(24)13-20(19)28(30)31/h3-10,13,18,28H,11-12,14H2,1-2H3,(H,25,29)/q-1. The van der Waals surface area contributed by atoms with Crippen LogP contribution in [0.4, 0.5) is 17.1 Å². The van der Waals surface area contributed by atoms with E-state index in [1.54, 1.807) is 12.1 Å². The number of quaternary nitrogens is 1. The van der Waals surface area contributed by atoms with Crippen molar-refractivity contribution in [2.24, 2.45) is 0 Å². The van der Waals surface area contributed by atoms with Gasteiger partial charge in [0.1, 0.15) is 11.4 Å². The topological polar surface area (TPSA) is 99.3 Å². The quantitative estimate of drug-likeness (QED) is 0.552. The van der Waals surface area contributed by atoms with Crippen LogP contribution in [-0.4, -0.2) is 44.0 Å². The van der Waals surface area contributed by atoms with Crippen molar-refractivity contribution in [2.45, 2.75) is 12.5 Å². The van der Waals surface area contributed by atoms with Gasteiger partial charge in [0.15, 0.2) is 5.76 Å². The molecule has 2 heterocycles. The number of amides is 1. The molecule has 1 aliphatic heterocycles. The van der Waals surface area contributed by atoms with Crippen LogP contribution in [0.5, 0.6) is 0 Å². The lowest BCUT2D eigenvalue weighted by Crippen LogP contribution is -2.96. The first-order valence-electron chi connectivity index (χ1n) is 10.3. The molecule has 9 heteroatoms. The first-order chi connectivity index (χ1) is 15.3. The highest BCUT2D eigenvalue weighted by atomic mass is 35.5. The summed E-state index contributed by atoms with van der Waals surface area (Å²) in [7, 11) is 4.19. The Kier molecular flexibility index (Phi) is 6.50. The monoisotopic (exact) mass is 455 g/mol. The van der Waals surface area contributed by atoms with Gasteiger partial charge in [-0.2, -0.15) is 0 Å². The molecule has 32 heavy (non-hydrogen) atoms. The molecular formula is C23H24ClN4O4-. The normalized spacial score (nSPS) is 16.2. The molecule has 1 aliphatic rings. The number of nitrogens with one attached hydrogen (secondary N) is 2. The van der Waals surface area contributed by atoms with Gasteiger partial charge in [-0.3, -0.25) is 4.79 Å². The molecule has 0 radical (unpaired) electrons. The molecular weight excluding hydrogens is 432 g/mol. The minimum atomic E-state index is -1.38. The highest BCUT2D eigenvalue weighted by Crippen LogP contribution is 2.30. The van der Waals surface area contributed by atoms with E-state index in [1.807, 2.05) is 24.3 Å². The van der Waals surface area contributed by atoms with Crippen molar-refractivity contribution in [1.29, 1.82) is 0 Å². The third kappa shape index (κ3) is 4.79. The first-order valence-corrected chi connectivity index (χ1v) is 10.6. The van der Waals surface area contributed by atoms with Crippen molar-refractivity contribution in [2.75, 3.05) is 37.4 Å². The molecule has 0 saturated carbocycles. The minimum absolute atomic E-state index is 0.0664. The number of halogens is 1. The molecule has 2 aromatic carbocycles. The first kappa shape index (κ1) is 22.3. The van der Waals surface area contributed by atoms with Gasteiger partial charge in [0.25, 0.3) is 5.91 Å². The molecule has 1 amide bonds. The Labute approximate surface area is 191 Å². The van der Waals surface area contributed by atoms with Gasteiger partial charge in [-0.05, 0) is 69.0 Å². The van der Waals surface area contributed by atoms with Gasteiger partial charge in [-0.15, -0.1) is 0 Å². The summed E-state index contributed by atoms with van der Waals surface area (Å²) >= 11 is 5.88. The van der Waals surface area contributed by atoms with E-state index in [-0.39, 0.29) is 22.2 Å². The number of carbonyl (C=O) groups excluding carboxylic acids is 1. The summed E-state index contributed by atoms with van der Waals surface area (Å²) in [6.07, 6.45) is 1.12. The maximum atomic E-state index is 12.6. The summed E-state index contributed by atoms with van der Waals surface area (Å²) in [6, 6.07) is 15.6. The average molecular weight is 456 g/mol. The molecule has 1 atom stereocenters. The van der Waals surface area contributed by atoms with Crippen molar-refractivity contribution in [3.8, 4) is 11.3 Å². The molecule has 0 bridgehead atoms. The van der Waals surface area contributed by atoms with Gasteiger partial charge in [0.2, 0.25) is 0 Å². The number of nitrogens with zero attached hydrogens (tertiary/aromatic N) is 2. The average Bonchev–Trinajstić information content (AvgIpc) is 3.44. The lowest BCUT2D eigenvalue weighted by molar-refractivity contribution is -0.714. The van der Waals surface area contributed by atoms with Crippen LogP contribution in [0.15, 0.2) is 59.0 Å². The van der Waals surface area contributed by atoms with Crippen molar-refractivity contribution < 1.29 is 14.4 Å². The number of benzene rings is 2. The van der Waals surface area contributed by atoms with Crippen molar-refractivity contribution in [3.63, 3.8) is 0 Å². The number of rotatable bonds is 6. The van der Waals surface area contributed by atoms with E-state index in [9.17, 15) is 15.2 Å². The third-order valence-electron chi connectivity index (χ3n) is 5.68. The van der Waals surface area contributed by atoms with Gasteiger partial charge >= 0.3 is 0 Å². The van der Waals surface area contributed by atoms with Crippen LogP contribution >= 0.6 is 11.6 Å². The molecule has 0 spiro atoms. The highest BCUT2D eigenvalue weighted by Gasteiger charge is 2.24. The summed E-state index contributed by atoms with van der Waals surface area (Å²) in [5.41, 5.74) is 1.94. The molecule has 1 saturated heterocycles. The van der Waals surface area contributed by atoms with Crippen LogP contribution in [0.3, 0.4) is 0 Å². The van der Waals surface area contributed by atoms with E-state index >= 15 is 0 Å². The largest absolute Gasteiger partial charge is 0.628 e. The van der Waals surface area contributed by atoms with Crippen LogP contribution in [0.2, 0.25) is 5.02 Å². The van der Waals surface area contributed by atoms with Crippen LogP contribution in [0, 0.1) is 10.4 Å². The molecule has 4 rings (SSSR count). The Balaban J connectivity index is 1.44. The fourth-order valence-corrected chi connectivity index (χ4v) is 4.02. The maximum absolute atomic E-state index is 12.6. The second kappa shape index (κ2) is 9.32. The summed E-state index contributed by atoms with van der Waals surface area (Å²) in [4.78, 5) is 17.2.